The van der Waals surface area contributed by atoms with Crippen molar-refractivity contribution in [1.82, 2.24) is 24.6 Å². The Kier molecular flexibility index (Phi) is 6.39. The van der Waals surface area contributed by atoms with E-state index in [2.05, 4.69) is 9.88 Å². The average Bonchev–Trinajstić information content (AvgIpc) is 3.57. The van der Waals surface area contributed by atoms with Crippen molar-refractivity contribution in [2.45, 2.75) is 76.5 Å². The van der Waals surface area contributed by atoms with Crippen LogP contribution in [0.1, 0.15) is 65.8 Å². The summed E-state index contributed by atoms with van der Waals surface area (Å²) in [6.45, 7) is 5.37. The number of nitrogens with zero attached hydrogens (tertiary/aromatic N) is 6. The van der Waals surface area contributed by atoms with Crippen LogP contribution in [0.25, 0.3) is 0 Å². The highest BCUT2D eigenvalue weighted by Gasteiger charge is 2.53. The lowest BCUT2D eigenvalue weighted by Gasteiger charge is -2.43. The number of anilines is 1. The highest BCUT2D eigenvalue weighted by atomic mass is 35.5. The number of halogens is 1. The van der Waals surface area contributed by atoms with Crippen LogP contribution in [0.4, 0.5) is 5.82 Å². The predicted molar refractivity (Wildman–Crippen MR) is 140 cm³/mol. The lowest BCUT2D eigenvalue weighted by atomic mass is 9.95. The number of piperidine rings is 1. The molecule has 2 aromatic heterocycles. The molecular weight excluding hydrogens is 492 g/mol. The lowest BCUT2D eigenvalue weighted by Crippen LogP contribution is -2.58. The van der Waals surface area contributed by atoms with Gasteiger partial charge in [0.1, 0.15) is 12.4 Å². The van der Waals surface area contributed by atoms with Crippen LogP contribution in [-0.2, 0) is 24.2 Å². The number of amides is 2. The molecule has 10 heteroatoms. The first-order valence-electron chi connectivity index (χ1n) is 13.6. The summed E-state index contributed by atoms with van der Waals surface area (Å²) in [5.41, 5.74) is 3.38. The maximum absolute atomic E-state index is 13.7. The number of aliphatic hydroxyl groups is 1. The van der Waals surface area contributed by atoms with E-state index in [9.17, 15) is 14.7 Å². The molecule has 1 N–H and O–H groups in total. The summed E-state index contributed by atoms with van der Waals surface area (Å²) in [6, 6.07) is 1.81. The van der Waals surface area contributed by atoms with Gasteiger partial charge in [0, 0.05) is 60.8 Å². The van der Waals surface area contributed by atoms with Gasteiger partial charge >= 0.3 is 0 Å². The Morgan fingerprint density at radius 2 is 1.89 bits per heavy atom. The summed E-state index contributed by atoms with van der Waals surface area (Å²) in [5.74, 6) is 0.914. The Morgan fingerprint density at radius 1 is 1.14 bits per heavy atom. The van der Waals surface area contributed by atoms with Crippen LogP contribution in [0, 0.1) is 6.92 Å². The van der Waals surface area contributed by atoms with Gasteiger partial charge in [-0.05, 0) is 64.4 Å². The molecule has 0 radical (unpaired) electrons. The molecule has 37 heavy (non-hydrogen) atoms. The third-order valence-electron chi connectivity index (χ3n) is 8.69. The zero-order valence-corrected chi connectivity index (χ0v) is 22.2. The fraction of sp³-hybridized carbons (Fsp3) is 0.630. The Labute approximate surface area is 222 Å². The maximum Gasteiger partial charge on any atom is 0.274 e. The highest BCUT2D eigenvalue weighted by Crippen LogP contribution is 2.45. The number of aliphatic hydroxyl groups excluding tert-OH is 1. The van der Waals surface area contributed by atoms with Crippen LogP contribution in [0.3, 0.4) is 0 Å². The molecule has 2 aliphatic heterocycles. The second-order valence-electron chi connectivity index (χ2n) is 11.1. The minimum atomic E-state index is -0.332. The molecule has 0 bridgehead atoms. The summed E-state index contributed by atoms with van der Waals surface area (Å²) in [7, 11) is 0. The number of piperazine rings is 1. The number of carbonyl (C=O) groups excluding carboxylic acids is 2. The molecule has 0 aromatic carbocycles. The standard InChI is InChI=1S/C27H35ClN6O3/c1-18-21(28)6-11-29-25(18)32-14-15-33(27(17-32)9-10-27)23(36)16-34-22-5-3-2-4-20(22)24(30-34)26(37)31-12-7-19(35)8-13-31/h6,11,19,35H,2-5,7-10,12-17H2,1H3. The number of hydrogen-bond donors (Lipinski definition) is 1. The fourth-order valence-electron chi connectivity index (χ4n) is 6.35. The van der Waals surface area contributed by atoms with E-state index in [-0.39, 0.29) is 30.0 Å². The molecule has 3 fully saturated rings. The number of hydrogen-bond acceptors (Lipinski definition) is 6. The van der Waals surface area contributed by atoms with Crippen LogP contribution >= 0.6 is 11.6 Å². The molecule has 1 saturated carbocycles. The van der Waals surface area contributed by atoms with E-state index in [0.717, 1.165) is 67.7 Å². The van der Waals surface area contributed by atoms with Crippen molar-refractivity contribution in [2.75, 3.05) is 37.6 Å². The van der Waals surface area contributed by atoms with Crippen LogP contribution in [0.15, 0.2) is 12.3 Å². The van der Waals surface area contributed by atoms with Crippen molar-refractivity contribution in [3.63, 3.8) is 0 Å². The molecule has 9 nitrogen and oxygen atoms in total. The summed E-state index contributed by atoms with van der Waals surface area (Å²) >= 11 is 6.35. The number of carbonyl (C=O) groups is 2. The smallest absolute Gasteiger partial charge is 0.274 e. The van der Waals surface area contributed by atoms with Gasteiger partial charge in [0.05, 0.1) is 11.6 Å². The Bertz CT molecular complexity index is 1220. The second-order valence-corrected chi connectivity index (χ2v) is 11.5. The van der Waals surface area contributed by atoms with Crippen LogP contribution in [0.5, 0.6) is 0 Å². The average molecular weight is 527 g/mol. The molecule has 0 atom stereocenters. The molecular formula is C27H35ClN6O3. The molecule has 2 aromatic rings. The van der Waals surface area contributed by atoms with Crippen molar-refractivity contribution in [3.8, 4) is 0 Å². The molecule has 6 rings (SSSR count). The Morgan fingerprint density at radius 3 is 2.65 bits per heavy atom. The van der Waals surface area contributed by atoms with Crippen LogP contribution in [0.2, 0.25) is 5.02 Å². The first kappa shape index (κ1) is 24.7. The monoisotopic (exact) mass is 526 g/mol. The van der Waals surface area contributed by atoms with Gasteiger partial charge in [-0.2, -0.15) is 5.10 Å². The SMILES string of the molecule is Cc1c(Cl)ccnc1N1CCN(C(=O)Cn2nc(C(=O)N3CCC(O)CC3)c3c2CCCC3)C2(CC2)C1. The minimum Gasteiger partial charge on any atom is -0.393 e. The van der Waals surface area contributed by atoms with Crippen molar-refractivity contribution in [1.29, 1.82) is 0 Å². The summed E-state index contributed by atoms with van der Waals surface area (Å²) in [4.78, 5) is 37.7. The minimum absolute atomic E-state index is 0.0621. The number of fused-ring (bicyclic) bond motifs is 1. The molecule has 4 aliphatic rings. The van der Waals surface area contributed by atoms with Gasteiger partial charge in [-0.15, -0.1) is 0 Å². The molecule has 4 heterocycles. The summed E-state index contributed by atoms with van der Waals surface area (Å²) in [6.07, 6.45) is 8.34. The second kappa shape index (κ2) is 9.58. The van der Waals surface area contributed by atoms with Crippen molar-refractivity contribution < 1.29 is 14.7 Å². The van der Waals surface area contributed by atoms with Gasteiger partial charge < -0.3 is 19.8 Å². The van der Waals surface area contributed by atoms with Gasteiger partial charge in [-0.3, -0.25) is 14.3 Å². The number of pyridine rings is 1. The predicted octanol–water partition coefficient (Wildman–Crippen LogP) is 2.60. The molecule has 2 saturated heterocycles. The van der Waals surface area contributed by atoms with E-state index < -0.39 is 0 Å². The first-order valence-corrected chi connectivity index (χ1v) is 14.0. The molecule has 0 unspecified atom stereocenters. The quantitative estimate of drug-likeness (QED) is 0.658. The van der Waals surface area contributed by atoms with Gasteiger partial charge in [0.15, 0.2) is 5.69 Å². The maximum atomic E-state index is 13.7. The number of likely N-dealkylation sites (tertiary alicyclic amines) is 1. The third-order valence-corrected chi connectivity index (χ3v) is 9.10. The van der Waals surface area contributed by atoms with Crippen molar-refractivity contribution in [2.24, 2.45) is 0 Å². The van der Waals surface area contributed by atoms with Crippen LogP contribution in [-0.4, -0.2) is 85.9 Å². The van der Waals surface area contributed by atoms with E-state index in [0.29, 0.717) is 49.7 Å². The zero-order chi connectivity index (χ0) is 25.7. The Balaban J connectivity index is 1.20. The largest absolute Gasteiger partial charge is 0.393 e. The third kappa shape index (κ3) is 4.50. The highest BCUT2D eigenvalue weighted by molar-refractivity contribution is 6.31. The molecule has 2 amide bonds. The normalized spacial score (nSPS) is 21.3. The topological polar surface area (TPSA) is 94.8 Å². The van der Waals surface area contributed by atoms with Gasteiger partial charge in [-0.1, -0.05) is 11.6 Å². The van der Waals surface area contributed by atoms with E-state index in [1.807, 2.05) is 22.6 Å². The summed E-state index contributed by atoms with van der Waals surface area (Å²) < 4.78 is 1.81. The zero-order valence-electron chi connectivity index (χ0n) is 21.5. The Hall–Kier alpha value is -2.65. The van der Waals surface area contributed by atoms with E-state index in [4.69, 9.17) is 16.7 Å². The van der Waals surface area contributed by atoms with E-state index in [1.54, 1.807) is 11.1 Å². The molecule has 2 aliphatic carbocycles. The van der Waals surface area contributed by atoms with E-state index >= 15 is 0 Å². The van der Waals surface area contributed by atoms with Crippen molar-refractivity contribution in [3.05, 3.63) is 39.8 Å². The fourth-order valence-corrected chi connectivity index (χ4v) is 6.49. The molecule has 1 spiro atoms. The number of rotatable bonds is 4. The van der Waals surface area contributed by atoms with Gasteiger partial charge in [-0.25, -0.2) is 4.98 Å². The lowest BCUT2D eigenvalue weighted by molar-refractivity contribution is -0.135. The molecule has 198 valence electrons. The first-order chi connectivity index (χ1) is 17.9. The van der Waals surface area contributed by atoms with Gasteiger partial charge in [0.25, 0.3) is 5.91 Å². The van der Waals surface area contributed by atoms with Crippen LogP contribution < -0.4 is 4.90 Å². The van der Waals surface area contributed by atoms with Crippen molar-refractivity contribution >= 4 is 29.2 Å². The van der Waals surface area contributed by atoms with Gasteiger partial charge in [0.2, 0.25) is 5.91 Å². The number of aromatic nitrogens is 3. The summed E-state index contributed by atoms with van der Waals surface area (Å²) in [5, 5.41) is 15.3. The van der Waals surface area contributed by atoms with E-state index in [1.165, 1.54) is 0 Å².